The van der Waals surface area contributed by atoms with Crippen LogP contribution < -0.4 is 10.6 Å². The molecule has 6 heteroatoms. The number of nitrogens with zero attached hydrogens (tertiary/aromatic N) is 1. The third-order valence-corrected chi connectivity index (χ3v) is 3.07. The second-order valence-electron chi connectivity index (χ2n) is 4.82. The summed E-state index contributed by atoms with van der Waals surface area (Å²) in [7, 11) is 1.58. The summed E-state index contributed by atoms with van der Waals surface area (Å²) < 4.78 is 5.04. The van der Waals surface area contributed by atoms with E-state index in [0.717, 1.165) is 13.1 Å². The predicted molar refractivity (Wildman–Crippen MR) is 68.1 cm³/mol. The van der Waals surface area contributed by atoms with Gasteiger partial charge in [-0.2, -0.15) is 0 Å². The Kier molecular flexibility index (Phi) is 6.07. The number of carbonyl (C=O) groups excluding carboxylic acids is 2. The van der Waals surface area contributed by atoms with Crippen LogP contribution in [0.4, 0.5) is 0 Å². The molecule has 1 unspecified atom stereocenters. The van der Waals surface area contributed by atoms with Gasteiger partial charge in [0.15, 0.2) is 0 Å². The smallest absolute Gasteiger partial charge is 0.311 e. The van der Waals surface area contributed by atoms with E-state index >= 15 is 0 Å². The molecule has 0 aromatic rings. The summed E-state index contributed by atoms with van der Waals surface area (Å²) in [6.45, 7) is 7.04. The summed E-state index contributed by atoms with van der Waals surface area (Å²) in [5, 5.41) is 5.88. The molecule has 2 N–H and O–H groups in total. The molecule has 0 spiro atoms. The average Bonchev–Trinajstić information content (AvgIpc) is 2.38. The zero-order valence-corrected chi connectivity index (χ0v) is 11.4. The first-order valence-corrected chi connectivity index (χ1v) is 6.35. The van der Waals surface area contributed by atoms with Crippen LogP contribution in [0.25, 0.3) is 0 Å². The number of methoxy groups -OCH3 is 1. The molecule has 1 aliphatic rings. The number of ether oxygens (including phenoxy) is 1. The van der Waals surface area contributed by atoms with E-state index in [1.807, 2.05) is 13.8 Å². The highest BCUT2D eigenvalue weighted by molar-refractivity contribution is 6.35. The van der Waals surface area contributed by atoms with Crippen molar-refractivity contribution in [2.45, 2.75) is 19.9 Å². The molecule has 0 radical (unpaired) electrons. The Morgan fingerprint density at radius 2 is 1.94 bits per heavy atom. The van der Waals surface area contributed by atoms with Gasteiger partial charge in [0, 0.05) is 33.3 Å². The second-order valence-corrected chi connectivity index (χ2v) is 4.82. The molecule has 0 aliphatic carbocycles. The van der Waals surface area contributed by atoms with E-state index in [-0.39, 0.29) is 12.0 Å². The predicted octanol–water partition coefficient (Wildman–Crippen LogP) is -0.795. The molecule has 0 aromatic carbocycles. The maximum atomic E-state index is 11.9. The van der Waals surface area contributed by atoms with Crippen LogP contribution in [0.1, 0.15) is 13.8 Å². The molecule has 0 saturated carbocycles. The maximum Gasteiger partial charge on any atom is 0.311 e. The Labute approximate surface area is 108 Å². The van der Waals surface area contributed by atoms with Gasteiger partial charge in [0.25, 0.3) is 0 Å². The van der Waals surface area contributed by atoms with Crippen molar-refractivity contribution in [3.05, 3.63) is 0 Å². The molecule has 104 valence electrons. The first kappa shape index (κ1) is 14.9. The Morgan fingerprint density at radius 1 is 1.33 bits per heavy atom. The minimum Gasteiger partial charge on any atom is -0.383 e. The van der Waals surface area contributed by atoms with Crippen LogP contribution in [0.5, 0.6) is 0 Å². The first-order chi connectivity index (χ1) is 8.56. The van der Waals surface area contributed by atoms with Gasteiger partial charge in [-0.05, 0) is 5.92 Å². The quantitative estimate of drug-likeness (QED) is 0.647. The molecule has 1 heterocycles. The van der Waals surface area contributed by atoms with Gasteiger partial charge in [-0.25, -0.2) is 0 Å². The summed E-state index contributed by atoms with van der Waals surface area (Å²) >= 11 is 0. The van der Waals surface area contributed by atoms with Gasteiger partial charge in [-0.3, -0.25) is 9.59 Å². The van der Waals surface area contributed by atoms with Crippen LogP contribution in [-0.4, -0.2) is 62.7 Å². The molecule has 1 aliphatic heterocycles. The monoisotopic (exact) mass is 257 g/mol. The SMILES string of the molecule is COCC(NC(=O)C(=O)N1CCNCC1)C(C)C. The minimum absolute atomic E-state index is 0.130. The Bertz CT molecular complexity index is 288. The van der Waals surface area contributed by atoms with Crippen molar-refractivity contribution in [2.24, 2.45) is 5.92 Å². The van der Waals surface area contributed by atoms with E-state index in [1.54, 1.807) is 12.0 Å². The zero-order chi connectivity index (χ0) is 13.5. The topological polar surface area (TPSA) is 70.7 Å². The maximum absolute atomic E-state index is 11.9. The van der Waals surface area contributed by atoms with E-state index in [2.05, 4.69) is 10.6 Å². The van der Waals surface area contributed by atoms with E-state index in [1.165, 1.54) is 0 Å². The van der Waals surface area contributed by atoms with Gasteiger partial charge in [-0.15, -0.1) is 0 Å². The lowest BCUT2D eigenvalue weighted by atomic mass is 10.1. The Morgan fingerprint density at radius 3 is 2.44 bits per heavy atom. The van der Waals surface area contributed by atoms with Crippen molar-refractivity contribution < 1.29 is 14.3 Å². The fraction of sp³-hybridized carbons (Fsp3) is 0.833. The van der Waals surface area contributed by atoms with Crippen molar-refractivity contribution >= 4 is 11.8 Å². The molecule has 0 bridgehead atoms. The summed E-state index contributed by atoms with van der Waals surface area (Å²) in [6, 6.07) is -0.130. The number of hydrogen-bond acceptors (Lipinski definition) is 4. The highest BCUT2D eigenvalue weighted by Gasteiger charge is 2.26. The van der Waals surface area contributed by atoms with Crippen LogP contribution in [0.2, 0.25) is 0 Å². The van der Waals surface area contributed by atoms with Gasteiger partial charge < -0.3 is 20.3 Å². The van der Waals surface area contributed by atoms with Crippen LogP contribution in [0, 0.1) is 5.92 Å². The second kappa shape index (κ2) is 7.33. The van der Waals surface area contributed by atoms with E-state index in [0.29, 0.717) is 19.7 Å². The van der Waals surface area contributed by atoms with Crippen LogP contribution in [-0.2, 0) is 14.3 Å². The molecule has 1 rings (SSSR count). The summed E-state index contributed by atoms with van der Waals surface area (Å²) in [5.41, 5.74) is 0. The van der Waals surface area contributed by atoms with Crippen molar-refractivity contribution in [3.8, 4) is 0 Å². The molecule has 2 amide bonds. The molecule has 18 heavy (non-hydrogen) atoms. The van der Waals surface area contributed by atoms with Gasteiger partial charge in [0.05, 0.1) is 12.6 Å². The summed E-state index contributed by atoms with van der Waals surface area (Å²) in [5.74, 6) is -0.754. The average molecular weight is 257 g/mol. The first-order valence-electron chi connectivity index (χ1n) is 6.35. The number of amides is 2. The molecule has 1 fully saturated rings. The molecule has 6 nitrogen and oxygen atoms in total. The lowest BCUT2D eigenvalue weighted by Crippen LogP contribution is -2.53. The van der Waals surface area contributed by atoms with Crippen molar-refractivity contribution in [2.75, 3.05) is 39.9 Å². The van der Waals surface area contributed by atoms with Gasteiger partial charge in [-0.1, -0.05) is 13.8 Å². The zero-order valence-electron chi connectivity index (χ0n) is 11.4. The van der Waals surface area contributed by atoms with Crippen LogP contribution >= 0.6 is 0 Å². The Hall–Kier alpha value is -1.14. The molecular formula is C12H23N3O3. The lowest BCUT2D eigenvalue weighted by Gasteiger charge is -2.28. The van der Waals surface area contributed by atoms with Crippen LogP contribution in [0.3, 0.4) is 0 Å². The third-order valence-electron chi connectivity index (χ3n) is 3.07. The van der Waals surface area contributed by atoms with E-state index in [9.17, 15) is 9.59 Å². The molecule has 1 atom stereocenters. The van der Waals surface area contributed by atoms with Crippen LogP contribution in [0.15, 0.2) is 0 Å². The number of nitrogens with one attached hydrogen (secondary N) is 2. The number of piperazine rings is 1. The number of hydrogen-bond donors (Lipinski definition) is 2. The van der Waals surface area contributed by atoms with Crippen molar-refractivity contribution in [1.29, 1.82) is 0 Å². The largest absolute Gasteiger partial charge is 0.383 e. The summed E-state index contributed by atoms with van der Waals surface area (Å²) in [6.07, 6.45) is 0. The number of carbonyl (C=O) groups is 2. The standard InChI is InChI=1S/C12H23N3O3/c1-9(2)10(8-18-3)14-11(16)12(17)15-6-4-13-5-7-15/h9-10,13H,4-8H2,1-3H3,(H,14,16). The van der Waals surface area contributed by atoms with Gasteiger partial charge in [0.1, 0.15) is 0 Å². The summed E-state index contributed by atoms with van der Waals surface area (Å²) in [4.78, 5) is 25.3. The molecule has 0 aromatic heterocycles. The van der Waals surface area contributed by atoms with Gasteiger partial charge >= 0.3 is 11.8 Å². The van der Waals surface area contributed by atoms with Gasteiger partial charge in [0.2, 0.25) is 0 Å². The molecular weight excluding hydrogens is 234 g/mol. The van der Waals surface area contributed by atoms with Crippen molar-refractivity contribution in [1.82, 2.24) is 15.5 Å². The lowest BCUT2D eigenvalue weighted by molar-refractivity contribution is -0.147. The molecule has 1 saturated heterocycles. The third kappa shape index (κ3) is 4.27. The Balaban J connectivity index is 2.49. The normalized spacial score (nSPS) is 17.7. The minimum atomic E-state index is -0.535. The van der Waals surface area contributed by atoms with Crippen molar-refractivity contribution in [3.63, 3.8) is 0 Å². The highest BCUT2D eigenvalue weighted by atomic mass is 16.5. The number of rotatable bonds is 4. The fourth-order valence-corrected chi connectivity index (χ4v) is 1.82. The van der Waals surface area contributed by atoms with E-state index < -0.39 is 11.8 Å². The fourth-order valence-electron chi connectivity index (χ4n) is 1.82. The van der Waals surface area contributed by atoms with E-state index in [4.69, 9.17) is 4.74 Å². The highest BCUT2D eigenvalue weighted by Crippen LogP contribution is 2.02.